The van der Waals surface area contributed by atoms with E-state index in [9.17, 15) is 5.11 Å². The standard InChI is InChI=1S/C21H26O3/c1-2-21(24-17-19-11-7-4-8-12-19)15-20(22)13-14-23-16-18-9-5-3-6-10-18/h2-12,20-22H,1,13-17H2/t20-,21-/m0/s1. The molecule has 0 aliphatic heterocycles. The largest absolute Gasteiger partial charge is 0.393 e. The van der Waals surface area contributed by atoms with Gasteiger partial charge in [-0.25, -0.2) is 0 Å². The molecule has 0 heterocycles. The van der Waals surface area contributed by atoms with Crippen LogP contribution in [0.25, 0.3) is 0 Å². The van der Waals surface area contributed by atoms with Crippen LogP contribution < -0.4 is 0 Å². The Hall–Kier alpha value is -1.94. The van der Waals surface area contributed by atoms with Crippen LogP contribution in [0, 0.1) is 0 Å². The molecule has 24 heavy (non-hydrogen) atoms. The lowest BCUT2D eigenvalue weighted by molar-refractivity contribution is 0.0153. The molecule has 2 atom stereocenters. The molecule has 0 aliphatic carbocycles. The summed E-state index contributed by atoms with van der Waals surface area (Å²) in [6.45, 7) is 5.42. The van der Waals surface area contributed by atoms with Gasteiger partial charge in [0.1, 0.15) is 0 Å². The van der Waals surface area contributed by atoms with Crippen LogP contribution >= 0.6 is 0 Å². The van der Waals surface area contributed by atoms with Crippen LogP contribution in [0.4, 0.5) is 0 Å². The van der Waals surface area contributed by atoms with Crippen molar-refractivity contribution in [3.8, 4) is 0 Å². The highest BCUT2D eigenvalue weighted by molar-refractivity contribution is 5.14. The lowest BCUT2D eigenvalue weighted by Gasteiger charge is -2.18. The van der Waals surface area contributed by atoms with Gasteiger partial charge < -0.3 is 14.6 Å². The van der Waals surface area contributed by atoms with Crippen LogP contribution in [0.5, 0.6) is 0 Å². The van der Waals surface area contributed by atoms with Gasteiger partial charge in [-0.2, -0.15) is 0 Å². The number of hydrogen-bond acceptors (Lipinski definition) is 3. The first kappa shape index (κ1) is 18.4. The molecule has 2 aromatic carbocycles. The molecule has 128 valence electrons. The first-order chi connectivity index (χ1) is 11.8. The second-order valence-corrected chi connectivity index (χ2v) is 5.79. The molecule has 0 saturated heterocycles. The second kappa shape index (κ2) is 10.8. The molecule has 0 aromatic heterocycles. The highest BCUT2D eigenvalue weighted by atomic mass is 16.5. The fourth-order valence-corrected chi connectivity index (χ4v) is 2.38. The Labute approximate surface area is 144 Å². The maximum atomic E-state index is 10.1. The summed E-state index contributed by atoms with van der Waals surface area (Å²) >= 11 is 0. The van der Waals surface area contributed by atoms with E-state index in [1.165, 1.54) is 0 Å². The van der Waals surface area contributed by atoms with Gasteiger partial charge >= 0.3 is 0 Å². The summed E-state index contributed by atoms with van der Waals surface area (Å²) < 4.78 is 11.4. The smallest absolute Gasteiger partial charge is 0.0782 e. The Kier molecular flexibility index (Phi) is 8.25. The third kappa shape index (κ3) is 7.09. The van der Waals surface area contributed by atoms with E-state index in [0.717, 1.165) is 11.1 Å². The molecule has 3 nitrogen and oxygen atoms in total. The van der Waals surface area contributed by atoms with Gasteiger partial charge in [-0.05, 0) is 17.5 Å². The minimum atomic E-state index is -0.459. The highest BCUT2D eigenvalue weighted by Gasteiger charge is 2.12. The van der Waals surface area contributed by atoms with Crippen molar-refractivity contribution in [3.05, 3.63) is 84.4 Å². The van der Waals surface area contributed by atoms with Crippen LogP contribution in [-0.2, 0) is 22.7 Å². The van der Waals surface area contributed by atoms with Crippen molar-refractivity contribution < 1.29 is 14.6 Å². The van der Waals surface area contributed by atoms with Gasteiger partial charge in [0.15, 0.2) is 0 Å². The van der Waals surface area contributed by atoms with Gasteiger partial charge in [-0.3, -0.25) is 0 Å². The topological polar surface area (TPSA) is 38.7 Å². The lowest BCUT2D eigenvalue weighted by Crippen LogP contribution is -2.20. The maximum absolute atomic E-state index is 10.1. The third-order valence-corrected chi connectivity index (χ3v) is 3.78. The Morgan fingerprint density at radius 2 is 1.50 bits per heavy atom. The van der Waals surface area contributed by atoms with E-state index in [1.807, 2.05) is 60.7 Å². The number of aliphatic hydroxyl groups excluding tert-OH is 1. The van der Waals surface area contributed by atoms with E-state index in [2.05, 4.69) is 6.58 Å². The van der Waals surface area contributed by atoms with Crippen molar-refractivity contribution >= 4 is 0 Å². The van der Waals surface area contributed by atoms with E-state index < -0.39 is 6.10 Å². The lowest BCUT2D eigenvalue weighted by atomic mass is 10.1. The van der Waals surface area contributed by atoms with E-state index in [1.54, 1.807) is 6.08 Å². The van der Waals surface area contributed by atoms with Gasteiger partial charge in [-0.15, -0.1) is 6.58 Å². The maximum Gasteiger partial charge on any atom is 0.0782 e. The fourth-order valence-electron chi connectivity index (χ4n) is 2.38. The Balaban J connectivity index is 1.62. The van der Waals surface area contributed by atoms with E-state index in [4.69, 9.17) is 9.47 Å². The monoisotopic (exact) mass is 326 g/mol. The molecule has 0 saturated carbocycles. The number of hydrogen-bond donors (Lipinski definition) is 1. The summed E-state index contributed by atoms with van der Waals surface area (Å²) in [5.74, 6) is 0. The highest BCUT2D eigenvalue weighted by Crippen LogP contribution is 2.11. The third-order valence-electron chi connectivity index (χ3n) is 3.78. The van der Waals surface area contributed by atoms with Crippen molar-refractivity contribution in [2.24, 2.45) is 0 Å². The molecule has 3 heteroatoms. The molecule has 0 spiro atoms. The van der Waals surface area contributed by atoms with Gasteiger partial charge in [0.25, 0.3) is 0 Å². The van der Waals surface area contributed by atoms with Crippen molar-refractivity contribution in [3.63, 3.8) is 0 Å². The van der Waals surface area contributed by atoms with Crippen molar-refractivity contribution in [1.82, 2.24) is 0 Å². The fraction of sp³-hybridized carbons (Fsp3) is 0.333. The molecule has 0 bridgehead atoms. The second-order valence-electron chi connectivity index (χ2n) is 5.79. The molecule has 2 aromatic rings. The predicted octanol–water partition coefficient (Wildman–Crippen LogP) is 4.12. The Morgan fingerprint density at radius 1 is 0.917 bits per heavy atom. The number of aliphatic hydroxyl groups is 1. The first-order valence-electron chi connectivity index (χ1n) is 8.35. The summed E-state index contributed by atoms with van der Waals surface area (Å²) in [6.07, 6.45) is 2.25. The molecule has 1 N–H and O–H groups in total. The van der Waals surface area contributed by atoms with Crippen LogP contribution in [-0.4, -0.2) is 23.9 Å². The van der Waals surface area contributed by atoms with E-state index in [0.29, 0.717) is 32.7 Å². The molecular formula is C21H26O3. The zero-order chi connectivity index (χ0) is 17.0. The SMILES string of the molecule is C=C[C@@H](C[C@@H](O)CCOCc1ccccc1)OCc1ccccc1. The molecule has 0 radical (unpaired) electrons. The van der Waals surface area contributed by atoms with Crippen LogP contribution in [0.15, 0.2) is 73.3 Å². The average Bonchev–Trinajstić information content (AvgIpc) is 2.64. The Bertz CT molecular complexity index is 568. The summed E-state index contributed by atoms with van der Waals surface area (Å²) in [4.78, 5) is 0. The van der Waals surface area contributed by atoms with Gasteiger partial charge in [0, 0.05) is 13.0 Å². The summed E-state index contributed by atoms with van der Waals surface area (Å²) in [5.41, 5.74) is 2.26. The first-order valence-corrected chi connectivity index (χ1v) is 8.35. The summed E-state index contributed by atoms with van der Waals surface area (Å²) in [7, 11) is 0. The van der Waals surface area contributed by atoms with Crippen molar-refractivity contribution in [2.75, 3.05) is 6.61 Å². The van der Waals surface area contributed by atoms with Crippen LogP contribution in [0.2, 0.25) is 0 Å². The summed E-state index contributed by atoms with van der Waals surface area (Å²) in [6, 6.07) is 20.0. The van der Waals surface area contributed by atoms with Gasteiger partial charge in [0.05, 0.1) is 25.4 Å². The normalized spacial score (nSPS) is 13.4. The Morgan fingerprint density at radius 3 is 2.08 bits per heavy atom. The van der Waals surface area contributed by atoms with Crippen molar-refractivity contribution in [2.45, 2.75) is 38.3 Å². The molecule has 0 aliphatic rings. The molecular weight excluding hydrogens is 300 g/mol. The van der Waals surface area contributed by atoms with Gasteiger partial charge in [0.2, 0.25) is 0 Å². The van der Waals surface area contributed by atoms with Crippen LogP contribution in [0.1, 0.15) is 24.0 Å². The van der Waals surface area contributed by atoms with Gasteiger partial charge in [-0.1, -0.05) is 66.7 Å². The van der Waals surface area contributed by atoms with E-state index >= 15 is 0 Å². The predicted molar refractivity (Wildman–Crippen MR) is 96.6 cm³/mol. The number of rotatable bonds is 11. The van der Waals surface area contributed by atoms with Crippen LogP contribution in [0.3, 0.4) is 0 Å². The minimum absolute atomic E-state index is 0.158. The minimum Gasteiger partial charge on any atom is -0.393 e. The summed E-state index contributed by atoms with van der Waals surface area (Å²) in [5, 5.41) is 10.1. The molecule has 0 amide bonds. The number of ether oxygens (including phenoxy) is 2. The number of benzene rings is 2. The molecule has 0 fully saturated rings. The zero-order valence-electron chi connectivity index (χ0n) is 14.0. The average molecular weight is 326 g/mol. The van der Waals surface area contributed by atoms with E-state index in [-0.39, 0.29) is 6.10 Å². The zero-order valence-corrected chi connectivity index (χ0v) is 14.0. The quantitative estimate of drug-likeness (QED) is 0.499. The molecule has 0 unspecified atom stereocenters. The molecule has 2 rings (SSSR count). The van der Waals surface area contributed by atoms with Crippen molar-refractivity contribution in [1.29, 1.82) is 0 Å².